The Kier molecular flexibility index (Phi) is 3.99. The predicted octanol–water partition coefficient (Wildman–Crippen LogP) is 1.88. The minimum Gasteiger partial charge on any atom is -0.379 e. The van der Waals surface area contributed by atoms with E-state index in [9.17, 15) is 8.42 Å². The maximum Gasteiger partial charge on any atom is 0.301 e. The van der Waals surface area contributed by atoms with Crippen LogP contribution in [0.4, 0.5) is 5.69 Å². The van der Waals surface area contributed by atoms with E-state index in [0.717, 1.165) is 0 Å². The first-order valence-electron chi connectivity index (χ1n) is 6.47. The van der Waals surface area contributed by atoms with E-state index < -0.39 is 10.2 Å². The summed E-state index contributed by atoms with van der Waals surface area (Å²) >= 11 is 6.10. The Morgan fingerprint density at radius 2 is 2.00 bits per heavy atom. The van der Waals surface area contributed by atoms with E-state index in [1.54, 1.807) is 30.5 Å². The zero-order valence-corrected chi connectivity index (χ0v) is 12.7. The van der Waals surface area contributed by atoms with Crippen molar-refractivity contribution in [2.45, 2.75) is 0 Å². The van der Waals surface area contributed by atoms with Crippen molar-refractivity contribution >= 4 is 38.4 Å². The fourth-order valence-corrected chi connectivity index (χ4v) is 3.63. The molecule has 112 valence electrons. The largest absolute Gasteiger partial charge is 0.379 e. The lowest BCUT2D eigenvalue weighted by Gasteiger charge is -2.26. The first kappa shape index (κ1) is 14.5. The van der Waals surface area contributed by atoms with Gasteiger partial charge >= 0.3 is 10.2 Å². The molecule has 8 heteroatoms. The summed E-state index contributed by atoms with van der Waals surface area (Å²) < 4.78 is 33.9. The highest BCUT2D eigenvalue weighted by Gasteiger charge is 2.25. The number of hydrogen-bond donors (Lipinski definition) is 1. The van der Waals surface area contributed by atoms with Crippen molar-refractivity contribution in [2.24, 2.45) is 0 Å². The Hall–Kier alpha value is -1.41. The first-order valence-corrected chi connectivity index (χ1v) is 8.28. The van der Waals surface area contributed by atoms with E-state index in [-0.39, 0.29) is 0 Å². The molecule has 0 amide bonds. The lowest BCUT2D eigenvalue weighted by Crippen LogP contribution is -2.43. The molecule has 0 saturated carbocycles. The number of halogens is 1. The predicted molar refractivity (Wildman–Crippen MR) is 81.7 cm³/mol. The third-order valence-electron chi connectivity index (χ3n) is 3.27. The van der Waals surface area contributed by atoms with E-state index >= 15 is 0 Å². The van der Waals surface area contributed by atoms with Gasteiger partial charge in [0.05, 0.1) is 29.4 Å². The molecule has 1 aromatic heterocycles. The third kappa shape index (κ3) is 2.96. The number of fused-ring (bicyclic) bond motifs is 1. The van der Waals surface area contributed by atoms with Crippen LogP contribution in [-0.4, -0.2) is 44.0 Å². The molecule has 1 N–H and O–H groups in total. The second-order valence-corrected chi connectivity index (χ2v) is 6.69. The monoisotopic (exact) mass is 327 g/mol. The molecule has 0 unspecified atom stereocenters. The summed E-state index contributed by atoms with van der Waals surface area (Å²) in [4.78, 5) is 4.22. The maximum absolute atomic E-state index is 12.4. The van der Waals surface area contributed by atoms with Crippen molar-refractivity contribution in [2.75, 3.05) is 31.0 Å². The molecule has 6 nitrogen and oxygen atoms in total. The number of nitrogens with zero attached hydrogens (tertiary/aromatic N) is 2. The molecular weight excluding hydrogens is 314 g/mol. The molecule has 1 fully saturated rings. The topological polar surface area (TPSA) is 71.5 Å². The van der Waals surface area contributed by atoms with Crippen LogP contribution in [0.2, 0.25) is 5.02 Å². The van der Waals surface area contributed by atoms with Crippen molar-refractivity contribution in [3.63, 3.8) is 0 Å². The molecular formula is C13H14ClN3O3S. The molecule has 2 aromatic rings. The molecule has 1 aliphatic heterocycles. The van der Waals surface area contributed by atoms with E-state index in [0.29, 0.717) is 47.9 Å². The SMILES string of the molecule is O=S(=O)(Nc1ccc(Cl)c2cccnc12)N1CCOCC1. The standard InChI is InChI=1S/C13H14ClN3O3S/c14-11-3-4-12(13-10(11)2-1-5-15-13)16-21(18,19)17-6-8-20-9-7-17/h1-5,16H,6-9H2. The van der Waals surface area contributed by atoms with Crippen molar-refractivity contribution in [1.82, 2.24) is 9.29 Å². The van der Waals surface area contributed by atoms with Gasteiger partial charge in [0.15, 0.2) is 0 Å². The average molecular weight is 328 g/mol. The van der Waals surface area contributed by atoms with Crippen LogP contribution in [0.3, 0.4) is 0 Å². The quantitative estimate of drug-likeness (QED) is 0.934. The number of benzene rings is 1. The minimum absolute atomic E-state index is 0.342. The van der Waals surface area contributed by atoms with Crippen molar-refractivity contribution in [3.8, 4) is 0 Å². The first-order chi connectivity index (χ1) is 10.1. The molecule has 1 saturated heterocycles. The van der Waals surface area contributed by atoms with Gasteiger partial charge in [0.1, 0.15) is 0 Å². The second kappa shape index (κ2) is 5.76. The highest BCUT2D eigenvalue weighted by molar-refractivity contribution is 7.90. The summed E-state index contributed by atoms with van der Waals surface area (Å²) in [5.74, 6) is 0. The van der Waals surface area contributed by atoms with Gasteiger partial charge in [-0.05, 0) is 24.3 Å². The fraction of sp³-hybridized carbons (Fsp3) is 0.308. The number of ether oxygens (including phenoxy) is 1. The van der Waals surface area contributed by atoms with E-state index in [1.165, 1.54) is 4.31 Å². The number of rotatable bonds is 3. The van der Waals surface area contributed by atoms with Crippen molar-refractivity contribution in [3.05, 3.63) is 35.5 Å². The molecule has 0 radical (unpaired) electrons. The number of nitrogens with one attached hydrogen (secondary N) is 1. The lowest BCUT2D eigenvalue weighted by molar-refractivity contribution is 0.0733. The summed E-state index contributed by atoms with van der Waals surface area (Å²) in [7, 11) is -3.62. The second-order valence-electron chi connectivity index (χ2n) is 4.61. The van der Waals surface area contributed by atoms with Crippen molar-refractivity contribution in [1.29, 1.82) is 0 Å². The Labute approximate surface area is 127 Å². The summed E-state index contributed by atoms with van der Waals surface area (Å²) in [6.45, 7) is 1.49. The van der Waals surface area contributed by atoms with E-state index in [4.69, 9.17) is 16.3 Å². The van der Waals surface area contributed by atoms with Crippen LogP contribution in [0.5, 0.6) is 0 Å². The molecule has 21 heavy (non-hydrogen) atoms. The van der Waals surface area contributed by atoms with Gasteiger partial charge in [-0.25, -0.2) is 0 Å². The smallest absolute Gasteiger partial charge is 0.301 e. The Bertz CT molecular complexity index is 760. The highest BCUT2D eigenvalue weighted by atomic mass is 35.5. The summed E-state index contributed by atoms with van der Waals surface area (Å²) in [6.07, 6.45) is 1.60. The molecule has 3 rings (SSSR count). The Morgan fingerprint density at radius 3 is 2.76 bits per heavy atom. The molecule has 1 aliphatic rings. The van der Waals surface area contributed by atoms with E-state index in [1.807, 2.05) is 0 Å². The normalized spacial score (nSPS) is 17.0. The van der Waals surface area contributed by atoms with Gasteiger partial charge in [0, 0.05) is 24.7 Å². The summed E-state index contributed by atoms with van der Waals surface area (Å²) in [5, 5.41) is 1.24. The van der Waals surface area contributed by atoms with Crippen LogP contribution >= 0.6 is 11.6 Å². The van der Waals surface area contributed by atoms with Gasteiger partial charge in [-0.1, -0.05) is 11.6 Å². The highest BCUT2D eigenvalue weighted by Crippen LogP contribution is 2.28. The Balaban J connectivity index is 1.96. The number of anilines is 1. The van der Waals surface area contributed by atoms with Gasteiger partial charge in [0.2, 0.25) is 0 Å². The van der Waals surface area contributed by atoms with Crippen LogP contribution in [-0.2, 0) is 14.9 Å². The number of hydrogen-bond acceptors (Lipinski definition) is 4. The minimum atomic E-state index is -3.62. The lowest BCUT2D eigenvalue weighted by atomic mass is 10.2. The fourth-order valence-electron chi connectivity index (χ4n) is 2.21. The molecule has 1 aromatic carbocycles. The van der Waals surface area contributed by atoms with Crippen LogP contribution in [0.25, 0.3) is 10.9 Å². The Morgan fingerprint density at radius 1 is 1.24 bits per heavy atom. The van der Waals surface area contributed by atoms with Crippen molar-refractivity contribution < 1.29 is 13.2 Å². The third-order valence-corrected chi connectivity index (χ3v) is 5.12. The molecule has 0 bridgehead atoms. The number of aromatic nitrogens is 1. The van der Waals surface area contributed by atoms with Crippen LogP contribution in [0, 0.1) is 0 Å². The molecule has 0 atom stereocenters. The van der Waals surface area contributed by atoms with Crippen LogP contribution in [0.1, 0.15) is 0 Å². The summed E-state index contributed by atoms with van der Waals surface area (Å²) in [6, 6.07) is 6.84. The van der Waals surface area contributed by atoms with Crippen LogP contribution < -0.4 is 4.72 Å². The zero-order valence-electron chi connectivity index (χ0n) is 11.1. The zero-order chi connectivity index (χ0) is 14.9. The molecule has 2 heterocycles. The molecule has 0 spiro atoms. The average Bonchev–Trinajstić information content (AvgIpc) is 2.51. The van der Waals surface area contributed by atoms with Gasteiger partial charge in [0.25, 0.3) is 0 Å². The number of morpholine rings is 1. The van der Waals surface area contributed by atoms with E-state index in [2.05, 4.69) is 9.71 Å². The summed E-state index contributed by atoms with van der Waals surface area (Å²) in [5.41, 5.74) is 0.948. The number of pyridine rings is 1. The van der Waals surface area contributed by atoms with Gasteiger partial charge in [-0.15, -0.1) is 0 Å². The molecule has 0 aliphatic carbocycles. The van der Waals surface area contributed by atoms with Gasteiger partial charge < -0.3 is 4.74 Å². The van der Waals surface area contributed by atoms with Gasteiger partial charge in [-0.2, -0.15) is 12.7 Å². The van der Waals surface area contributed by atoms with Gasteiger partial charge in [-0.3, -0.25) is 9.71 Å². The van der Waals surface area contributed by atoms with Crippen LogP contribution in [0.15, 0.2) is 30.5 Å². The maximum atomic E-state index is 12.4.